The van der Waals surface area contributed by atoms with E-state index in [0.29, 0.717) is 13.0 Å². The van der Waals surface area contributed by atoms with E-state index in [1.54, 1.807) is 0 Å². The fourth-order valence-corrected chi connectivity index (χ4v) is 1.91. The fourth-order valence-electron chi connectivity index (χ4n) is 1.91. The molecule has 0 spiro atoms. The van der Waals surface area contributed by atoms with Crippen molar-refractivity contribution in [3.05, 3.63) is 0 Å². The van der Waals surface area contributed by atoms with Crippen molar-refractivity contribution in [3.63, 3.8) is 0 Å². The largest absolute Gasteiger partial charge is 0.354 e. The van der Waals surface area contributed by atoms with Gasteiger partial charge in [0.05, 0.1) is 6.04 Å². The summed E-state index contributed by atoms with van der Waals surface area (Å²) in [7, 11) is 0. The minimum absolute atomic E-state index is 0.0375. The molecular weight excluding hydrogens is 182 g/mol. The van der Waals surface area contributed by atoms with Crippen LogP contribution in [-0.2, 0) is 9.59 Å². The van der Waals surface area contributed by atoms with Crippen LogP contribution >= 0.6 is 0 Å². The summed E-state index contributed by atoms with van der Waals surface area (Å²) in [5.41, 5.74) is 0. The molecule has 3 N–H and O–H groups in total. The van der Waals surface area contributed by atoms with E-state index < -0.39 is 0 Å². The molecule has 0 radical (unpaired) electrons. The average Bonchev–Trinajstić information content (AvgIpc) is 2.77. The van der Waals surface area contributed by atoms with Crippen molar-refractivity contribution in [2.75, 3.05) is 13.1 Å². The number of rotatable bonds is 2. The van der Waals surface area contributed by atoms with Gasteiger partial charge in [-0.1, -0.05) is 0 Å². The molecule has 2 fully saturated rings. The molecule has 0 unspecified atom stereocenters. The number of amides is 2. The van der Waals surface area contributed by atoms with Crippen molar-refractivity contribution < 1.29 is 9.59 Å². The predicted octanol–water partition coefficient (Wildman–Crippen LogP) is -1.26. The number of carbonyl (C=O) groups is 2. The van der Waals surface area contributed by atoms with Crippen LogP contribution in [0.25, 0.3) is 0 Å². The second kappa shape index (κ2) is 3.96. The van der Waals surface area contributed by atoms with E-state index in [1.165, 1.54) is 0 Å². The molecule has 2 rings (SSSR count). The Labute approximate surface area is 82.6 Å². The molecule has 2 saturated heterocycles. The summed E-state index contributed by atoms with van der Waals surface area (Å²) in [6.45, 7) is 1.57. The molecule has 2 amide bonds. The van der Waals surface area contributed by atoms with Crippen LogP contribution in [-0.4, -0.2) is 37.0 Å². The van der Waals surface area contributed by atoms with Gasteiger partial charge >= 0.3 is 0 Å². The lowest BCUT2D eigenvalue weighted by atomic mass is 10.2. The van der Waals surface area contributed by atoms with Gasteiger partial charge in [-0.15, -0.1) is 0 Å². The third kappa shape index (κ3) is 1.87. The molecule has 0 aliphatic carbocycles. The van der Waals surface area contributed by atoms with Gasteiger partial charge in [0, 0.05) is 6.54 Å². The highest BCUT2D eigenvalue weighted by molar-refractivity contribution is 5.90. The standard InChI is InChI=1S/C9H15N3O2/c13-8-7(3-5-11-8)12-9(14)6-2-1-4-10-6/h6-7,10H,1-5H2,(H,11,13)(H,12,14)/t6-,7+/m1/s1. The van der Waals surface area contributed by atoms with Gasteiger partial charge in [0.25, 0.3) is 0 Å². The van der Waals surface area contributed by atoms with Gasteiger partial charge in [0.15, 0.2) is 0 Å². The monoisotopic (exact) mass is 197 g/mol. The summed E-state index contributed by atoms with van der Waals surface area (Å²) in [6.07, 6.45) is 2.62. The lowest BCUT2D eigenvalue weighted by molar-refractivity contribution is -0.128. The van der Waals surface area contributed by atoms with Crippen molar-refractivity contribution >= 4 is 11.8 Å². The Morgan fingerprint density at radius 3 is 2.79 bits per heavy atom. The van der Waals surface area contributed by atoms with Gasteiger partial charge in [0.1, 0.15) is 6.04 Å². The summed E-state index contributed by atoms with van der Waals surface area (Å²) < 4.78 is 0. The highest BCUT2D eigenvalue weighted by atomic mass is 16.2. The Morgan fingerprint density at radius 1 is 1.36 bits per heavy atom. The smallest absolute Gasteiger partial charge is 0.242 e. The molecule has 0 saturated carbocycles. The van der Waals surface area contributed by atoms with E-state index in [9.17, 15) is 9.59 Å². The molecule has 2 aliphatic rings. The Kier molecular flexibility index (Phi) is 2.67. The SMILES string of the molecule is O=C1NCC[C@@H]1NC(=O)[C@H]1CCCN1. The van der Waals surface area contributed by atoms with Gasteiger partial charge in [-0.2, -0.15) is 0 Å². The molecule has 0 aromatic rings. The topological polar surface area (TPSA) is 70.2 Å². The summed E-state index contributed by atoms with van der Waals surface area (Å²) >= 11 is 0. The zero-order valence-electron chi connectivity index (χ0n) is 8.01. The number of hydrogen-bond acceptors (Lipinski definition) is 3. The van der Waals surface area contributed by atoms with Crippen LogP contribution in [0.3, 0.4) is 0 Å². The van der Waals surface area contributed by atoms with Gasteiger partial charge < -0.3 is 16.0 Å². The maximum absolute atomic E-state index is 11.6. The van der Waals surface area contributed by atoms with Crippen molar-refractivity contribution in [2.45, 2.75) is 31.3 Å². The van der Waals surface area contributed by atoms with Crippen LogP contribution in [0.2, 0.25) is 0 Å². The molecule has 2 aliphatic heterocycles. The van der Waals surface area contributed by atoms with Gasteiger partial charge in [-0.25, -0.2) is 0 Å². The van der Waals surface area contributed by atoms with Crippen LogP contribution in [0.1, 0.15) is 19.3 Å². The summed E-state index contributed by atoms with van der Waals surface area (Å²) in [6, 6.07) is -0.409. The van der Waals surface area contributed by atoms with Gasteiger partial charge in [-0.3, -0.25) is 9.59 Å². The molecule has 2 heterocycles. The molecule has 0 aromatic carbocycles. The third-order valence-corrected chi connectivity index (χ3v) is 2.74. The fraction of sp³-hybridized carbons (Fsp3) is 0.778. The number of carbonyl (C=O) groups excluding carboxylic acids is 2. The van der Waals surface area contributed by atoms with Crippen molar-refractivity contribution in [3.8, 4) is 0 Å². The van der Waals surface area contributed by atoms with Crippen molar-refractivity contribution in [1.29, 1.82) is 0 Å². The van der Waals surface area contributed by atoms with E-state index in [4.69, 9.17) is 0 Å². The average molecular weight is 197 g/mol. The van der Waals surface area contributed by atoms with E-state index in [-0.39, 0.29) is 23.9 Å². The minimum Gasteiger partial charge on any atom is -0.354 e. The van der Waals surface area contributed by atoms with Crippen LogP contribution < -0.4 is 16.0 Å². The first-order chi connectivity index (χ1) is 6.77. The highest BCUT2D eigenvalue weighted by Gasteiger charge is 2.29. The second-order valence-corrected chi connectivity index (χ2v) is 3.79. The normalized spacial score (nSPS) is 31.6. The zero-order valence-corrected chi connectivity index (χ0v) is 8.01. The van der Waals surface area contributed by atoms with Crippen molar-refractivity contribution in [2.24, 2.45) is 0 Å². The van der Waals surface area contributed by atoms with Crippen LogP contribution in [0.5, 0.6) is 0 Å². The highest BCUT2D eigenvalue weighted by Crippen LogP contribution is 2.06. The molecule has 5 heteroatoms. The Hall–Kier alpha value is -1.10. The molecule has 0 aromatic heterocycles. The summed E-state index contributed by atoms with van der Waals surface area (Å²) in [5, 5.41) is 8.55. The molecule has 14 heavy (non-hydrogen) atoms. The second-order valence-electron chi connectivity index (χ2n) is 3.79. The maximum Gasteiger partial charge on any atom is 0.242 e. The first kappa shape index (κ1) is 9.45. The van der Waals surface area contributed by atoms with Crippen LogP contribution in [0, 0.1) is 0 Å². The Bertz CT molecular complexity index is 248. The van der Waals surface area contributed by atoms with Crippen LogP contribution in [0.4, 0.5) is 0 Å². The summed E-state index contributed by atoms with van der Waals surface area (Å²) in [5.74, 6) is -0.0964. The zero-order chi connectivity index (χ0) is 9.97. The number of nitrogens with one attached hydrogen (secondary N) is 3. The predicted molar refractivity (Wildman–Crippen MR) is 50.6 cm³/mol. The maximum atomic E-state index is 11.6. The Morgan fingerprint density at radius 2 is 2.21 bits per heavy atom. The van der Waals surface area contributed by atoms with Crippen LogP contribution in [0.15, 0.2) is 0 Å². The molecule has 2 atom stereocenters. The van der Waals surface area contributed by atoms with Gasteiger partial charge in [-0.05, 0) is 25.8 Å². The lowest BCUT2D eigenvalue weighted by Crippen LogP contribution is -2.47. The minimum atomic E-state index is -0.315. The van der Waals surface area contributed by atoms with Crippen molar-refractivity contribution in [1.82, 2.24) is 16.0 Å². The van der Waals surface area contributed by atoms with E-state index in [1.807, 2.05) is 0 Å². The third-order valence-electron chi connectivity index (χ3n) is 2.74. The van der Waals surface area contributed by atoms with E-state index >= 15 is 0 Å². The molecular formula is C9H15N3O2. The quantitative estimate of drug-likeness (QED) is 0.517. The molecule has 78 valence electrons. The first-order valence-electron chi connectivity index (χ1n) is 5.09. The molecule has 0 bridgehead atoms. The van der Waals surface area contributed by atoms with E-state index in [2.05, 4.69) is 16.0 Å². The Balaban J connectivity index is 1.84. The lowest BCUT2D eigenvalue weighted by Gasteiger charge is -2.14. The molecule has 5 nitrogen and oxygen atoms in total. The number of hydrogen-bond donors (Lipinski definition) is 3. The first-order valence-corrected chi connectivity index (χ1v) is 5.09. The summed E-state index contributed by atoms with van der Waals surface area (Å²) in [4.78, 5) is 22.8. The van der Waals surface area contributed by atoms with E-state index in [0.717, 1.165) is 19.4 Å². The van der Waals surface area contributed by atoms with Gasteiger partial charge in [0.2, 0.25) is 11.8 Å².